The molecular formula is C28H33ClF3N3O4. The fourth-order valence-electron chi connectivity index (χ4n) is 4.92. The zero-order valence-electron chi connectivity index (χ0n) is 21.7. The number of likely N-dealkylation sites (tertiary alicyclic amines) is 1. The summed E-state index contributed by atoms with van der Waals surface area (Å²) >= 11 is 6.23. The van der Waals surface area contributed by atoms with Crippen LogP contribution >= 0.6 is 11.6 Å². The standard InChI is InChI=1S/C26H32ClN3O2.C2HF3O2/c1-19(31)29-14-10-20(11-15-29)26(32)30(25-9-4-8-23(27)18-25)13-5-12-28-24-16-21-6-2-3-7-22(21)17-24;3-2(4,5)1(6)7/h2-4,6-9,18,20,24,28H,5,10-17H2,1H3;(H,6,7). The minimum absolute atomic E-state index is 0.0538. The summed E-state index contributed by atoms with van der Waals surface area (Å²) in [6, 6.07) is 16.7. The van der Waals surface area contributed by atoms with E-state index in [0.29, 0.717) is 43.5 Å². The Balaban J connectivity index is 0.000000532. The summed E-state index contributed by atoms with van der Waals surface area (Å²) in [4.78, 5) is 37.7. The Morgan fingerprint density at radius 2 is 1.64 bits per heavy atom. The molecule has 2 aromatic carbocycles. The second-order valence-electron chi connectivity index (χ2n) is 9.73. The summed E-state index contributed by atoms with van der Waals surface area (Å²) in [7, 11) is 0. The number of benzene rings is 2. The number of hydrogen-bond donors (Lipinski definition) is 2. The molecule has 11 heteroatoms. The minimum atomic E-state index is -5.08. The number of carbonyl (C=O) groups excluding carboxylic acids is 2. The Morgan fingerprint density at radius 3 is 2.15 bits per heavy atom. The van der Waals surface area contributed by atoms with Crippen molar-refractivity contribution in [3.63, 3.8) is 0 Å². The predicted molar refractivity (Wildman–Crippen MR) is 143 cm³/mol. The highest BCUT2D eigenvalue weighted by Gasteiger charge is 2.38. The topological polar surface area (TPSA) is 90.0 Å². The van der Waals surface area contributed by atoms with Crippen molar-refractivity contribution >= 4 is 35.1 Å². The first-order valence-corrected chi connectivity index (χ1v) is 13.3. The van der Waals surface area contributed by atoms with Crippen molar-refractivity contribution in [2.75, 3.05) is 31.1 Å². The van der Waals surface area contributed by atoms with E-state index in [4.69, 9.17) is 21.5 Å². The third-order valence-corrected chi connectivity index (χ3v) is 7.20. The third-order valence-electron chi connectivity index (χ3n) is 6.96. The van der Waals surface area contributed by atoms with E-state index >= 15 is 0 Å². The highest BCUT2D eigenvalue weighted by molar-refractivity contribution is 6.30. The highest BCUT2D eigenvalue weighted by Crippen LogP contribution is 2.26. The van der Waals surface area contributed by atoms with Gasteiger partial charge in [0, 0.05) is 49.2 Å². The van der Waals surface area contributed by atoms with Gasteiger partial charge in [0.2, 0.25) is 11.8 Å². The lowest BCUT2D eigenvalue weighted by Gasteiger charge is -2.34. The van der Waals surface area contributed by atoms with Gasteiger partial charge < -0.3 is 20.2 Å². The number of halogens is 4. The van der Waals surface area contributed by atoms with Gasteiger partial charge in [-0.05, 0) is 68.0 Å². The zero-order valence-corrected chi connectivity index (χ0v) is 22.5. The maximum atomic E-state index is 13.4. The average molecular weight is 568 g/mol. The van der Waals surface area contributed by atoms with Crippen molar-refractivity contribution in [3.05, 3.63) is 64.7 Å². The molecule has 0 bridgehead atoms. The average Bonchev–Trinajstić information content (AvgIpc) is 3.31. The number of rotatable bonds is 7. The van der Waals surface area contributed by atoms with Crippen LogP contribution in [0.2, 0.25) is 5.02 Å². The first kappa shape index (κ1) is 30.4. The first-order valence-electron chi connectivity index (χ1n) is 12.9. The second kappa shape index (κ2) is 13.8. The fraction of sp³-hybridized carbons (Fsp3) is 0.464. The van der Waals surface area contributed by atoms with Gasteiger partial charge in [0.25, 0.3) is 0 Å². The Hall–Kier alpha value is -3.11. The van der Waals surface area contributed by atoms with Crippen molar-refractivity contribution in [1.29, 1.82) is 0 Å². The van der Waals surface area contributed by atoms with Gasteiger partial charge in [0.05, 0.1) is 0 Å². The molecule has 2 N–H and O–H groups in total. The first-order chi connectivity index (χ1) is 18.5. The van der Waals surface area contributed by atoms with E-state index in [-0.39, 0.29) is 17.7 Å². The molecule has 2 amide bonds. The molecule has 0 spiro atoms. The van der Waals surface area contributed by atoms with E-state index in [0.717, 1.165) is 31.5 Å². The van der Waals surface area contributed by atoms with Gasteiger partial charge in [-0.1, -0.05) is 41.9 Å². The molecule has 1 saturated heterocycles. The smallest absolute Gasteiger partial charge is 0.475 e. The number of carboxylic acids is 1. The number of fused-ring (bicyclic) bond motifs is 1. The third kappa shape index (κ3) is 8.96. The Labute approximate surface area is 230 Å². The molecule has 1 heterocycles. The van der Waals surface area contributed by atoms with E-state index in [1.165, 1.54) is 11.1 Å². The molecule has 7 nitrogen and oxygen atoms in total. The van der Waals surface area contributed by atoms with Crippen LogP contribution in [0, 0.1) is 5.92 Å². The maximum absolute atomic E-state index is 13.4. The maximum Gasteiger partial charge on any atom is 0.490 e. The SMILES string of the molecule is CC(=O)N1CCC(C(=O)N(CCCNC2Cc3ccccc3C2)c2cccc(Cl)c2)CC1.O=C(O)C(F)(F)F. The van der Waals surface area contributed by atoms with Gasteiger partial charge in [-0.25, -0.2) is 4.79 Å². The summed E-state index contributed by atoms with van der Waals surface area (Å²) in [5, 5.41) is 11.4. The van der Waals surface area contributed by atoms with Gasteiger partial charge in [-0.15, -0.1) is 0 Å². The quantitative estimate of drug-likeness (QED) is 0.473. The molecule has 0 unspecified atom stereocenters. The van der Waals surface area contributed by atoms with E-state index in [1.807, 2.05) is 34.1 Å². The molecule has 4 rings (SSSR count). The predicted octanol–water partition coefficient (Wildman–Crippen LogP) is 4.71. The van der Waals surface area contributed by atoms with Crippen LogP contribution in [0.3, 0.4) is 0 Å². The molecule has 0 saturated carbocycles. The van der Waals surface area contributed by atoms with Gasteiger partial charge in [-0.3, -0.25) is 9.59 Å². The number of alkyl halides is 3. The molecule has 0 aromatic heterocycles. The normalized spacial score (nSPS) is 15.8. The van der Waals surface area contributed by atoms with Crippen LogP contribution in [0.25, 0.3) is 0 Å². The number of nitrogens with one attached hydrogen (secondary N) is 1. The number of carboxylic acid groups (broad SMARTS) is 1. The Bertz CT molecular complexity index is 1130. The van der Waals surface area contributed by atoms with Gasteiger partial charge in [0.1, 0.15) is 0 Å². The molecule has 2 aromatic rings. The summed E-state index contributed by atoms with van der Waals surface area (Å²) in [6.45, 7) is 4.42. The fourth-order valence-corrected chi connectivity index (χ4v) is 5.10. The molecule has 39 heavy (non-hydrogen) atoms. The Kier molecular flexibility index (Phi) is 10.8. The molecule has 0 radical (unpaired) electrons. The summed E-state index contributed by atoms with van der Waals surface area (Å²) in [5.41, 5.74) is 3.74. The molecule has 1 fully saturated rings. The zero-order chi connectivity index (χ0) is 28.6. The van der Waals surface area contributed by atoms with Crippen LogP contribution in [0.15, 0.2) is 48.5 Å². The van der Waals surface area contributed by atoms with E-state index in [9.17, 15) is 22.8 Å². The molecule has 212 valence electrons. The molecule has 1 aliphatic carbocycles. The number of nitrogens with zero attached hydrogens (tertiary/aromatic N) is 2. The van der Waals surface area contributed by atoms with Crippen molar-refractivity contribution in [2.45, 2.75) is 51.2 Å². The number of carbonyl (C=O) groups is 3. The molecule has 0 atom stereocenters. The van der Waals surface area contributed by atoms with E-state index in [2.05, 4.69) is 29.6 Å². The molecule has 2 aliphatic rings. The van der Waals surface area contributed by atoms with Crippen LogP contribution in [0.1, 0.15) is 37.3 Å². The lowest BCUT2D eigenvalue weighted by atomic mass is 9.95. The molecular weight excluding hydrogens is 535 g/mol. The van der Waals surface area contributed by atoms with Crippen LogP contribution in [0.4, 0.5) is 18.9 Å². The number of hydrogen-bond acceptors (Lipinski definition) is 4. The van der Waals surface area contributed by atoms with Crippen LogP contribution in [0.5, 0.6) is 0 Å². The number of piperidine rings is 1. The van der Waals surface area contributed by atoms with Gasteiger partial charge in [-0.2, -0.15) is 13.2 Å². The van der Waals surface area contributed by atoms with Crippen LogP contribution in [-0.2, 0) is 27.2 Å². The van der Waals surface area contributed by atoms with Gasteiger partial charge in [0.15, 0.2) is 0 Å². The summed E-state index contributed by atoms with van der Waals surface area (Å²) < 4.78 is 31.7. The second-order valence-corrected chi connectivity index (χ2v) is 10.2. The highest BCUT2D eigenvalue weighted by atomic mass is 35.5. The molecule has 1 aliphatic heterocycles. The van der Waals surface area contributed by atoms with Crippen LogP contribution < -0.4 is 10.2 Å². The van der Waals surface area contributed by atoms with Crippen molar-refractivity contribution in [1.82, 2.24) is 10.2 Å². The monoisotopic (exact) mass is 567 g/mol. The van der Waals surface area contributed by atoms with Crippen molar-refractivity contribution < 1.29 is 32.7 Å². The largest absolute Gasteiger partial charge is 0.490 e. The van der Waals surface area contributed by atoms with Crippen LogP contribution in [-0.4, -0.2) is 66.2 Å². The summed E-state index contributed by atoms with van der Waals surface area (Å²) in [5.74, 6) is -2.58. The van der Waals surface area contributed by atoms with Gasteiger partial charge >= 0.3 is 12.1 Å². The van der Waals surface area contributed by atoms with E-state index < -0.39 is 12.1 Å². The number of amides is 2. The lowest BCUT2D eigenvalue weighted by molar-refractivity contribution is -0.192. The Morgan fingerprint density at radius 1 is 1.05 bits per heavy atom. The van der Waals surface area contributed by atoms with E-state index in [1.54, 1.807) is 6.92 Å². The summed E-state index contributed by atoms with van der Waals surface area (Å²) in [6.07, 6.45) is -0.636. The minimum Gasteiger partial charge on any atom is -0.475 e. The lowest BCUT2D eigenvalue weighted by Crippen LogP contribution is -2.44. The van der Waals surface area contributed by atoms with Crippen molar-refractivity contribution in [2.24, 2.45) is 5.92 Å². The number of aliphatic carboxylic acids is 1. The number of anilines is 1. The van der Waals surface area contributed by atoms with Crippen molar-refractivity contribution in [3.8, 4) is 0 Å².